The highest BCUT2D eigenvalue weighted by Crippen LogP contribution is 2.33. The van der Waals surface area contributed by atoms with Crippen molar-refractivity contribution in [2.24, 2.45) is 17.8 Å². The molecule has 1 aliphatic carbocycles. The van der Waals surface area contributed by atoms with Gasteiger partial charge in [-0.2, -0.15) is 0 Å². The Bertz CT molecular complexity index is 174. The number of rotatable bonds is 3. The first-order chi connectivity index (χ1) is 6.19. The van der Waals surface area contributed by atoms with Crippen LogP contribution in [0.2, 0.25) is 0 Å². The van der Waals surface area contributed by atoms with Gasteiger partial charge in [0.1, 0.15) is 5.78 Å². The lowest BCUT2D eigenvalue weighted by atomic mass is 9.73. The smallest absolute Gasteiger partial charge is 0.136 e. The molecule has 0 bridgehead atoms. The van der Waals surface area contributed by atoms with Gasteiger partial charge in [0, 0.05) is 12.3 Å². The quantitative estimate of drug-likeness (QED) is 0.653. The molecule has 0 heterocycles. The lowest BCUT2D eigenvalue weighted by Crippen LogP contribution is -2.29. The standard InChI is InChI=1S/C12H22O/c1-4-9(3)11-8-10(5-2)6-7-12(11)13/h9-11H,4-8H2,1-3H3. The summed E-state index contributed by atoms with van der Waals surface area (Å²) in [7, 11) is 0. The predicted molar refractivity (Wildman–Crippen MR) is 55.6 cm³/mol. The molecule has 13 heavy (non-hydrogen) atoms. The van der Waals surface area contributed by atoms with Crippen LogP contribution in [-0.4, -0.2) is 5.78 Å². The number of hydrogen-bond acceptors (Lipinski definition) is 1. The topological polar surface area (TPSA) is 17.1 Å². The van der Waals surface area contributed by atoms with Crippen LogP contribution in [0, 0.1) is 17.8 Å². The number of ketones is 1. The van der Waals surface area contributed by atoms with Crippen LogP contribution >= 0.6 is 0 Å². The van der Waals surface area contributed by atoms with Crippen LogP contribution in [-0.2, 0) is 4.79 Å². The van der Waals surface area contributed by atoms with E-state index in [1.54, 1.807) is 0 Å². The first-order valence-corrected chi connectivity index (χ1v) is 5.71. The van der Waals surface area contributed by atoms with E-state index in [0.717, 1.165) is 31.6 Å². The van der Waals surface area contributed by atoms with E-state index in [-0.39, 0.29) is 0 Å². The zero-order valence-electron chi connectivity index (χ0n) is 9.18. The van der Waals surface area contributed by atoms with Gasteiger partial charge in [0.2, 0.25) is 0 Å². The van der Waals surface area contributed by atoms with Crippen LogP contribution in [0.4, 0.5) is 0 Å². The molecule has 1 aliphatic rings. The number of hydrogen-bond donors (Lipinski definition) is 0. The van der Waals surface area contributed by atoms with Crippen LogP contribution in [0.5, 0.6) is 0 Å². The summed E-state index contributed by atoms with van der Waals surface area (Å²) in [4.78, 5) is 11.7. The van der Waals surface area contributed by atoms with Crippen LogP contribution in [0.1, 0.15) is 52.9 Å². The lowest BCUT2D eigenvalue weighted by molar-refractivity contribution is -0.127. The fraction of sp³-hybridized carbons (Fsp3) is 0.917. The van der Waals surface area contributed by atoms with Crippen LogP contribution in [0.15, 0.2) is 0 Å². The van der Waals surface area contributed by atoms with Crippen molar-refractivity contribution in [2.75, 3.05) is 0 Å². The second-order valence-electron chi connectivity index (χ2n) is 4.51. The molecule has 1 nitrogen and oxygen atoms in total. The SMILES string of the molecule is CCC1CCC(=O)C(C(C)CC)C1. The van der Waals surface area contributed by atoms with E-state index in [0.29, 0.717) is 17.6 Å². The fourth-order valence-corrected chi connectivity index (χ4v) is 2.35. The molecule has 1 heteroatoms. The van der Waals surface area contributed by atoms with Crippen LogP contribution in [0.25, 0.3) is 0 Å². The van der Waals surface area contributed by atoms with Gasteiger partial charge in [0.05, 0.1) is 0 Å². The molecule has 1 fully saturated rings. The maximum atomic E-state index is 11.7. The van der Waals surface area contributed by atoms with E-state index < -0.39 is 0 Å². The van der Waals surface area contributed by atoms with Gasteiger partial charge in [-0.1, -0.05) is 33.6 Å². The Hall–Kier alpha value is -0.330. The Morgan fingerprint density at radius 2 is 2.15 bits per heavy atom. The van der Waals surface area contributed by atoms with E-state index in [1.807, 2.05) is 0 Å². The van der Waals surface area contributed by atoms with Crippen molar-refractivity contribution in [3.05, 3.63) is 0 Å². The molecule has 0 radical (unpaired) electrons. The Kier molecular flexibility index (Phi) is 3.95. The molecule has 0 saturated heterocycles. The first kappa shape index (κ1) is 10.7. The summed E-state index contributed by atoms with van der Waals surface area (Å²) in [6.45, 7) is 6.66. The highest BCUT2D eigenvalue weighted by atomic mass is 16.1. The highest BCUT2D eigenvalue weighted by Gasteiger charge is 2.30. The van der Waals surface area contributed by atoms with Gasteiger partial charge in [-0.25, -0.2) is 0 Å². The van der Waals surface area contributed by atoms with Gasteiger partial charge in [0.25, 0.3) is 0 Å². The summed E-state index contributed by atoms with van der Waals surface area (Å²) in [5.74, 6) is 2.32. The van der Waals surface area contributed by atoms with Gasteiger partial charge in [0.15, 0.2) is 0 Å². The summed E-state index contributed by atoms with van der Waals surface area (Å²) < 4.78 is 0. The van der Waals surface area contributed by atoms with Crippen molar-refractivity contribution in [1.82, 2.24) is 0 Å². The Morgan fingerprint density at radius 3 is 2.69 bits per heavy atom. The maximum Gasteiger partial charge on any atom is 0.136 e. The summed E-state index contributed by atoms with van der Waals surface area (Å²) in [5, 5.41) is 0. The molecule has 1 rings (SSSR count). The molecular formula is C12H22O. The third-order valence-electron chi connectivity index (χ3n) is 3.71. The van der Waals surface area contributed by atoms with Crippen molar-refractivity contribution in [2.45, 2.75) is 52.9 Å². The Labute approximate surface area is 81.9 Å². The Balaban J connectivity index is 2.54. The molecule has 76 valence electrons. The van der Waals surface area contributed by atoms with Crippen LogP contribution in [0.3, 0.4) is 0 Å². The third kappa shape index (κ3) is 2.55. The molecular weight excluding hydrogens is 160 g/mol. The van der Waals surface area contributed by atoms with E-state index in [1.165, 1.54) is 6.42 Å². The van der Waals surface area contributed by atoms with Gasteiger partial charge in [-0.3, -0.25) is 4.79 Å². The summed E-state index contributed by atoms with van der Waals surface area (Å²) in [6, 6.07) is 0. The van der Waals surface area contributed by atoms with Crippen molar-refractivity contribution >= 4 is 5.78 Å². The first-order valence-electron chi connectivity index (χ1n) is 5.71. The minimum absolute atomic E-state index is 0.378. The number of carbonyl (C=O) groups is 1. The molecule has 1 saturated carbocycles. The summed E-state index contributed by atoms with van der Waals surface area (Å²) in [5.41, 5.74) is 0. The molecule has 0 amide bonds. The molecule has 3 atom stereocenters. The van der Waals surface area contributed by atoms with Crippen molar-refractivity contribution in [3.8, 4) is 0 Å². The number of carbonyl (C=O) groups excluding carboxylic acids is 1. The second kappa shape index (κ2) is 4.78. The Morgan fingerprint density at radius 1 is 1.46 bits per heavy atom. The molecule has 0 aromatic rings. The van der Waals surface area contributed by atoms with E-state index in [2.05, 4.69) is 20.8 Å². The lowest BCUT2D eigenvalue weighted by Gasteiger charge is -2.30. The zero-order chi connectivity index (χ0) is 9.84. The molecule has 0 N–H and O–H groups in total. The molecule has 0 aromatic heterocycles. The predicted octanol–water partition coefficient (Wildman–Crippen LogP) is 3.43. The van der Waals surface area contributed by atoms with Crippen molar-refractivity contribution in [1.29, 1.82) is 0 Å². The second-order valence-corrected chi connectivity index (χ2v) is 4.51. The van der Waals surface area contributed by atoms with Crippen molar-refractivity contribution < 1.29 is 4.79 Å². The minimum Gasteiger partial charge on any atom is -0.299 e. The fourth-order valence-electron chi connectivity index (χ4n) is 2.35. The maximum absolute atomic E-state index is 11.7. The number of Topliss-reactive ketones (excluding diaryl/α,β-unsaturated/α-hetero) is 1. The van der Waals surface area contributed by atoms with Crippen LogP contribution < -0.4 is 0 Å². The monoisotopic (exact) mass is 182 g/mol. The van der Waals surface area contributed by atoms with Crippen molar-refractivity contribution in [3.63, 3.8) is 0 Å². The third-order valence-corrected chi connectivity index (χ3v) is 3.71. The molecule has 0 spiro atoms. The van der Waals surface area contributed by atoms with E-state index >= 15 is 0 Å². The van der Waals surface area contributed by atoms with Gasteiger partial charge < -0.3 is 0 Å². The molecule has 3 unspecified atom stereocenters. The normalized spacial score (nSPS) is 31.8. The minimum atomic E-state index is 0.378. The average molecular weight is 182 g/mol. The van der Waals surface area contributed by atoms with Gasteiger partial charge in [-0.15, -0.1) is 0 Å². The largest absolute Gasteiger partial charge is 0.299 e. The highest BCUT2D eigenvalue weighted by molar-refractivity contribution is 5.81. The van der Waals surface area contributed by atoms with Gasteiger partial charge in [-0.05, 0) is 24.7 Å². The van der Waals surface area contributed by atoms with E-state index in [9.17, 15) is 4.79 Å². The summed E-state index contributed by atoms with van der Waals surface area (Å²) >= 11 is 0. The average Bonchev–Trinajstić information content (AvgIpc) is 2.17. The molecule has 0 aliphatic heterocycles. The zero-order valence-corrected chi connectivity index (χ0v) is 9.18. The summed E-state index contributed by atoms with van der Waals surface area (Å²) in [6.07, 6.45) is 5.53. The molecule has 0 aromatic carbocycles. The van der Waals surface area contributed by atoms with Gasteiger partial charge >= 0.3 is 0 Å². The van der Waals surface area contributed by atoms with E-state index in [4.69, 9.17) is 0 Å².